The van der Waals surface area contributed by atoms with Gasteiger partial charge in [0.05, 0.1) is 16.7 Å². The molecule has 3 amide bonds. The Balaban J connectivity index is 1.58. The lowest BCUT2D eigenvalue weighted by molar-refractivity contribution is -0.121. The highest BCUT2D eigenvalue weighted by Gasteiger charge is 2.39. The summed E-state index contributed by atoms with van der Waals surface area (Å²) >= 11 is 1.17. The summed E-state index contributed by atoms with van der Waals surface area (Å²) in [6.07, 6.45) is 5.43. The first kappa shape index (κ1) is 17.8. The van der Waals surface area contributed by atoms with Crippen LogP contribution in [0, 0.1) is 12.3 Å². The predicted octanol–water partition coefficient (Wildman–Crippen LogP) is 2.67. The summed E-state index contributed by atoms with van der Waals surface area (Å²) in [7, 11) is 0. The summed E-state index contributed by atoms with van der Waals surface area (Å²) < 4.78 is 0. The van der Waals surface area contributed by atoms with Gasteiger partial charge in [0.25, 0.3) is 0 Å². The van der Waals surface area contributed by atoms with Crippen molar-refractivity contribution < 1.29 is 14.4 Å². The molecule has 1 fully saturated rings. The minimum absolute atomic E-state index is 0.0760. The van der Waals surface area contributed by atoms with Crippen molar-refractivity contribution in [3.8, 4) is 12.3 Å². The number of anilines is 2. The molecule has 0 saturated carbocycles. The van der Waals surface area contributed by atoms with Crippen LogP contribution in [0.1, 0.15) is 12.0 Å². The molecule has 0 bridgehead atoms. The van der Waals surface area contributed by atoms with Gasteiger partial charge in [-0.1, -0.05) is 30.2 Å². The lowest BCUT2D eigenvalue weighted by Crippen LogP contribution is -2.31. The first-order valence-corrected chi connectivity index (χ1v) is 9.03. The van der Waals surface area contributed by atoms with Crippen LogP contribution in [-0.2, 0) is 14.4 Å². The Morgan fingerprint density at radius 3 is 2.69 bits per heavy atom. The van der Waals surface area contributed by atoms with E-state index in [1.165, 1.54) is 16.7 Å². The number of para-hydroxylation sites is 1. The van der Waals surface area contributed by atoms with Crippen molar-refractivity contribution in [3.05, 3.63) is 60.2 Å². The highest BCUT2D eigenvalue weighted by Crippen LogP contribution is 2.29. The Morgan fingerprint density at radius 2 is 1.96 bits per heavy atom. The lowest BCUT2D eigenvalue weighted by Gasteiger charge is -2.14. The highest BCUT2D eigenvalue weighted by atomic mass is 32.2. The monoisotopic (exact) mass is 364 g/mol. The van der Waals surface area contributed by atoms with Crippen molar-refractivity contribution in [1.29, 1.82) is 0 Å². The van der Waals surface area contributed by atoms with Gasteiger partial charge in [-0.25, -0.2) is 4.90 Å². The highest BCUT2D eigenvalue weighted by molar-refractivity contribution is 8.01. The first-order valence-electron chi connectivity index (χ1n) is 7.98. The van der Waals surface area contributed by atoms with Crippen LogP contribution >= 0.6 is 11.8 Å². The minimum Gasteiger partial charge on any atom is -0.325 e. The van der Waals surface area contributed by atoms with E-state index < -0.39 is 5.25 Å². The number of amides is 3. The number of benzene rings is 2. The van der Waals surface area contributed by atoms with Crippen molar-refractivity contribution in [3.63, 3.8) is 0 Å². The van der Waals surface area contributed by atoms with E-state index in [0.717, 1.165) is 0 Å². The number of nitrogens with zero attached hydrogens (tertiary/aromatic N) is 1. The third kappa shape index (κ3) is 3.95. The molecule has 3 rings (SSSR count). The van der Waals surface area contributed by atoms with E-state index in [1.807, 2.05) is 6.07 Å². The Morgan fingerprint density at radius 1 is 1.19 bits per heavy atom. The maximum atomic E-state index is 12.5. The van der Waals surface area contributed by atoms with Gasteiger partial charge >= 0.3 is 0 Å². The maximum Gasteiger partial charge on any atom is 0.247 e. The van der Waals surface area contributed by atoms with Crippen molar-refractivity contribution >= 4 is 40.9 Å². The van der Waals surface area contributed by atoms with E-state index in [4.69, 9.17) is 6.42 Å². The fourth-order valence-electron chi connectivity index (χ4n) is 2.64. The third-order valence-corrected chi connectivity index (χ3v) is 5.05. The number of rotatable bonds is 5. The average Bonchev–Trinajstić information content (AvgIpc) is 2.94. The van der Waals surface area contributed by atoms with Crippen molar-refractivity contribution in [1.82, 2.24) is 0 Å². The SMILES string of the molecule is C#Cc1cccc(NC(=O)CSC2CC(=O)N(c3ccccc3)C2=O)c1. The van der Waals surface area contributed by atoms with Gasteiger partial charge in [0.15, 0.2) is 0 Å². The second-order valence-corrected chi connectivity index (χ2v) is 6.87. The molecular formula is C20H16N2O3S. The maximum absolute atomic E-state index is 12.5. The summed E-state index contributed by atoms with van der Waals surface area (Å²) in [4.78, 5) is 38.0. The van der Waals surface area contributed by atoms with Crippen LogP contribution in [-0.4, -0.2) is 28.7 Å². The predicted molar refractivity (Wildman–Crippen MR) is 103 cm³/mol. The fraction of sp³-hybridized carbons (Fsp3) is 0.150. The number of hydrogen-bond donors (Lipinski definition) is 1. The van der Waals surface area contributed by atoms with Gasteiger partial charge < -0.3 is 5.32 Å². The molecule has 1 aliphatic heterocycles. The molecule has 5 nitrogen and oxygen atoms in total. The summed E-state index contributed by atoms with van der Waals surface area (Å²) in [5.74, 6) is 1.80. The minimum atomic E-state index is -0.550. The van der Waals surface area contributed by atoms with Gasteiger partial charge in [0.1, 0.15) is 0 Å². The lowest BCUT2D eigenvalue weighted by atomic mass is 10.2. The van der Waals surface area contributed by atoms with Crippen molar-refractivity contribution in [2.45, 2.75) is 11.7 Å². The fourth-order valence-corrected chi connectivity index (χ4v) is 3.58. The molecule has 0 aromatic heterocycles. The molecule has 6 heteroatoms. The Labute approximate surface area is 155 Å². The van der Waals surface area contributed by atoms with E-state index in [1.54, 1.807) is 48.5 Å². The number of terminal acetylenes is 1. The van der Waals surface area contributed by atoms with Crippen LogP contribution in [0.2, 0.25) is 0 Å². The quantitative estimate of drug-likeness (QED) is 0.654. The molecule has 0 radical (unpaired) electrons. The van der Waals surface area contributed by atoms with Gasteiger partial charge in [-0.15, -0.1) is 18.2 Å². The smallest absolute Gasteiger partial charge is 0.247 e. The number of thioether (sulfide) groups is 1. The number of carbonyl (C=O) groups excluding carboxylic acids is 3. The van der Waals surface area contributed by atoms with E-state index >= 15 is 0 Å². The molecule has 130 valence electrons. The molecule has 2 aromatic rings. The van der Waals surface area contributed by atoms with E-state index in [9.17, 15) is 14.4 Å². The van der Waals surface area contributed by atoms with Crippen molar-refractivity contribution in [2.24, 2.45) is 0 Å². The van der Waals surface area contributed by atoms with Crippen LogP contribution in [0.15, 0.2) is 54.6 Å². The van der Waals surface area contributed by atoms with Crippen LogP contribution in [0.25, 0.3) is 0 Å². The van der Waals surface area contributed by atoms with Gasteiger partial charge in [-0.05, 0) is 30.3 Å². The van der Waals surface area contributed by atoms with E-state index in [0.29, 0.717) is 16.9 Å². The second kappa shape index (κ2) is 7.89. The van der Waals surface area contributed by atoms with E-state index in [-0.39, 0.29) is 29.9 Å². The average molecular weight is 364 g/mol. The number of carbonyl (C=O) groups is 3. The topological polar surface area (TPSA) is 66.5 Å². The zero-order valence-electron chi connectivity index (χ0n) is 13.8. The van der Waals surface area contributed by atoms with Crippen LogP contribution < -0.4 is 10.2 Å². The number of nitrogens with one attached hydrogen (secondary N) is 1. The largest absolute Gasteiger partial charge is 0.325 e. The molecule has 1 unspecified atom stereocenters. The van der Waals surface area contributed by atoms with E-state index in [2.05, 4.69) is 11.2 Å². The number of hydrogen-bond acceptors (Lipinski definition) is 4. The Bertz CT molecular complexity index is 889. The third-order valence-electron chi connectivity index (χ3n) is 3.85. The molecule has 1 heterocycles. The second-order valence-electron chi connectivity index (χ2n) is 5.68. The summed E-state index contributed by atoms with van der Waals surface area (Å²) in [6, 6.07) is 15.8. The zero-order chi connectivity index (χ0) is 18.5. The molecule has 1 saturated heterocycles. The summed E-state index contributed by atoms with van der Waals surface area (Å²) in [5, 5.41) is 2.19. The van der Waals surface area contributed by atoms with Gasteiger partial charge in [-0.2, -0.15) is 0 Å². The Hall–Kier alpha value is -3.04. The molecule has 2 aromatic carbocycles. The molecule has 0 spiro atoms. The van der Waals surface area contributed by atoms with Gasteiger partial charge in [-0.3, -0.25) is 14.4 Å². The number of imide groups is 1. The molecule has 0 aliphatic carbocycles. The molecule has 26 heavy (non-hydrogen) atoms. The molecular weight excluding hydrogens is 348 g/mol. The van der Waals surface area contributed by atoms with Gasteiger partial charge in [0, 0.05) is 17.7 Å². The van der Waals surface area contributed by atoms with Gasteiger partial charge in [0.2, 0.25) is 17.7 Å². The molecule has 1 N–H and O–H groups in total. The van der Waals surface area contributed by atoms with Crippen LogP contribution in [0.4, 0.5) is 11.4 Å². The Kier molecular flexibility index (Phi) is 5.40. The molecule has 1 aliphatic rings. The standard InChI is InChI=1S/C20H16N2O3S/c1-2-14-7-6-8-15(11-14)21-18(23)13-26-17-12-19(24)22(20(17)25)16-9-4-3-5-10-16/h1,3-11,17H,12-13H2,(H,21,23). The van der Waals surface area contributed by atoms with Crippen LogP contribution in [0.5, 0.6) is 0 Å². The van der Waals surface area contributed by atoms with Crippen LogP contribution in [0.3, 0.4) is 0 Å². The van der Waals surface area contributed by atoms with Crippen molar-refractivity contribution in [2.75, 3.05) is 16.0 Å². The zero-order valence-corrected chi connectivity index (χ0v) is 14.7. The molecule has 1 atom stereocenters. The first-order chi connectivity index (χ1) is 12.6. The summed E-state index contributed by atoms with van der Waals surface area (Å²) in [6.45, 7) is 0. The summed E-state index contributed by atoms with van der Waals surface area (Å²) in [5.41, 5.74) is 1.83. The normalized spacial score (nSPS) is 16.4.